The molecular weight excluding hydrogens is 258 g/mol. The molecule has 0 aromatic carbocycles. The summed E-state index contributed by atoms with van der Waals surface area (Å²) < 4.78 is 25.9. The highest BCUT2D eigenvalue weighted by Crippen LogP contribution is 2.36. The maximum absolute atomic E-state index is 13.0. The van der Waals surface area contributed by atoms with E-state index in [0.717, 1.165) is 38.5 Å². The molecule has 5 unspecified atom stereocenters. The molecule has 0 spiro atoms. The molecule has 0 saturated heterocycles. The molecule has 2 fully saturated rings. The summed E-state index contributed by atoms with van der Waals surface area (Å²) in [6, 6.07) is 0.165. The Morgan fingerprint density at radius 3 is 2.26 bits per heavy atom. The molecule has 19 heavy (non-hydrogen) atoms. The Morgan fingerprint density at radius 1 is 0.947 bits per heavy atom. The van der Waals surface area contributed by atoms with Gasteiger partial charge in [-0.2, -0.15) is 0 Å². The van der Waals surface area contributed by atoms with Gasteiger partial charge in [-0.1, -0.05) is 26.7 Å². The normalized spacial score (nSPS) is 41.1. The van der Waals surface area contributed by atoms with Crippen LogP contribution in [-0.4, -0.2) is 32.0 Å². The first-order valence-electron chi connectivity index (χ1n) is 7.85. The number of hydrogen-bond donors (Lipinski definition) is 1. The van der Waals surface area contributed by atoms with Crippen molar-refractivity contribution in [3.8, 4) is 0 Å². The number of nitrogens with one attached hydrogen (secondary N) is 1. The Labute approximate surface area is 118 Å². The summed E-state index contributed by atoms with van der Waals surface area (Å²) in [7, 11) is -1.07. The Kier molecular flexibility index (Phi) is 4.93. The van der Waals surface area contributed by atoms with Crippen LogP contribution in [0.15, 0.2) is 0 Å². The van der Waals surface area contributed by atoms with E-state index in [4.69, 9.17) is 0 Å². The van der Waals surface area contributed by atoms with Crippen molar-refractivity contribution in [2.45, 2.75) is 75.3 Å². The standard InChI is InChI=1S/C15H29NO2S/c1-11-5-4-6-13(9-11)19(17,18)15-10-12(2)7-8-14(15)16-3/h11-16H,4-10H2,1-3H3. The molecule has 3 nitrogen and oxygen atoms in total. The smallest absolute Gasteiger partial charge is 0.157 e. The molecule has 0 radical (unpaired) electrons. The van der Waals surface area contributed by atoms with Crippen molar-refractivity contribution in [1.29, 1.82) is 0 Å². The highest BCUT2D eigenvalue weighted by Gasteiger charge is 2.42. The van der Waals surface area contributed by atoms with Crippen molar-refractivity contribution in [1.82, 2.24) is 5.32 Å². The number of sulfone groups is 1. The minimum atomic E-state index is -2.97. The molecular formula is C15H29NO2S. The molecule has 0 aromatic rings. The van der Waals surface area contributed by atoms with Gasteiger partial charge in [-0.3, -0.25) is 0 Å². The van der Waals surface area contributed by atoms with E-state index >= 15 is 0 Å². The fraction of sp³-hybridized carbons (Fsp3) is 1.00. The number of rotatable bonds is 3. The van der Waals surface area contributed by atoms with Gasteiger partial charge in [0.25, 0.3) is 0 Å². The first-order valence-corrected chi connectivity index (χ1v) is 9.46. The van der Waals surface area contributed by atoms with Crippen LogP contribution in [0.3, 0.4) is 0 Å². The zero-order chi connectivity index (χ0) is 14.0. The molecule has 0 bridgehead atoms. The summed E-state index contributed by atoms with van der Waals surface area (Å²) in [4.78, 5) is 0. The van der Waals surface area contributed by atoms with Gasteiger partial charge >= 0.3 is 0 Å². The van der Waals surface area contributed by atoms with Gasteiger partial charge in [-0.15, -0.1) is 0 Å². The predicted molar refractivity (Wildman–Crippen MR) is 80.0 cm³/mol. The maximum Gasteiger partial charge on any atom is 0.157 e. The molecule has 0 heterocycles. The molecule has 2 aliphatic rings. The quantitative estimate of drug-likeness (QED) is 0.868. The monoisotopic (exact) mass is 287 g/mol. The lowest BCUT2D eigenvalue weighted by Crippen LogP contribution is -2.50. The molecule has 2 saturated carbocycles. The first-order chi connectivity index (χ1) is 8.95. The summed E-state index contributed by atoms with van der Waals surface area (Å²) in [5.74, 6) is 1.12. The summed E-state index contributed by atoms with van der Waals surface area (Å²) in [6.45, 7) is 4.39. The highest BCUT2D eigenvalue weighted by atomic mass is 32.2. The molecule has 2 aliphatic carbocycles. The first kappa shape index (κ1) is 15.3. The van der Waals surface area contributed by atoms with Gasteiger partial charge in [0.05, 0.1) is 10.5 Å². The van der Waals surface area contributed by atoms with E-state index in [-0.39, 0.29) is 16.5 Å². The largest absolute Gasteiger partial charge is 0.316 e. The fourth-order valence-electron chi connectivity index (χ4n) is 3.95. The van der Waals surface area contributed by atoms with Crippen LogP contribution in [-0.2, 0) is 9.84 Å². The van der Waals surface area contributed by atoms with Gasteiger partial charge in [0.1, 0.15) is 0 Å². The third-order valence-electron chi connectivity index (χ3n) is 5.20. The average molecular weight is 287 g/mol. The topological polar surface area (TPSA) is 46.2 Å². The van der Waals surface area contributed by atoms with Crippen molar-refractivity contribution in [2.24, 2.45) is 11.8 Å². The molecule has 0 aromatic heterocycles. The van der Waals surface area contributed by atoms with Gasteiger partial charge < -0.3 is 5.32 Å². The summed E-state index contributed by atoms with van der Waals surface area (Å²) >= 11 is 0. The van der Waals surface area contributed by atoms with Crippen molar-refractivity contribution < 1.29 is 8.42 Å². The van der Waals surface area contributed by atoms with Crippen LogP contribution in [0.2, 0.25) is 0 Å². The number of hydrogen-bond acceptors (Lipinski definition) is 3. The zero-order valence-electron chi connectivity index (χ0n) is 12.6. The minimum Gasteiger partial charge on any atom is -0.316 e. The molecule has 4 heteroatoms. The highest BCUT2D eigenvalue weighted by molar-refractivity contribution is 7.92. The van der Waals surface area contributed by atoms with Crippen LogP contribution in [0.5, 0.6) is 0 Å². The lowest BCUT2D eigenvalue weighted by atomic mass is 9.87. The van der Waals surface area contributed by atoms with Crippen LogP contribution < -0.4 is 5.32 Å². The van der Waals surface area contributed by atoms with Gasteiger partial charge in [0, 0.05) is 6.04 Å². The molecule has 1 N–H and O–H groups in total. The summed E-state index contributed by atoms with van der Waals surface area (Å²) in [6.07, 6.45) is 7.04. The van der Waals surface area contributed by atoms with E-state index in [9.17, 15) is 8.42 Å². The van der Waals surface area contributed by atoms with Gasteiger partial charge in [-0.05, 0) is 51.0 Å². The Balaban J connectivity index is 2.16. The van der Waals surface area contributed by atoms with Crippen molar-refractivity contribution >= 4 is 9.84 Å². The molecule has 0 aliphatic heterocycles. The third kappa shape index (κ3) is 3.33. The van der Waals surface area contributed by atoms with Crippen LogP contribution in [0.4, 0.5) is 0 Å². The predicted octanol–water partition coefficient (Wildman–Crippen LogP) is 2.76. The fourth-order valence-corrected chi connectivity index (χ4v) is 6.86. The minimum absolute atomic E-state index is 0.0811. The van der Waals surface area contributed by atoms with Crippen molar-refractivity contribution in [3.63, 3.8) is 0 Å². The molecule has 2 rings (SSSR count). The van der Waals surface area contributed by atoms with Crippen LogP contribution in [0.25, 0.3) is 0 Å². The molecule has 0 amide bonds. The Bertz CT molecular complexity index is 393. The Morgan fingerprint density at radius 2 is 1.63 bits per heavy atom. The van der Waals surface area contributed by atoms with Crippen LogP contribution in [0, 0.1) is 11.8 Å². The second kappa shape index (κ2) is 6.13. The van der Waals surface area contributed by atoms with E-state index in [1.807, 2.05) is 7.05 Å². The average Bonchev–Trinajstić information content (AvgIpc) is 2.38. The van der Waals surface area contributed by atoms with Crippen LogP contribution >= 0.6 is 0 Å². The summed E-state index contributed by atoms with van der Waals surface area (Å²) in [5.41, 5.74) is 0. The van der Waals surface area contributed by atoms with E-state index in [0.29, 0.717) is 11.8 Å². The van der Waals surface area contributed by atoms with E-state index < -0.39 is 9.84 Å². The van der Waals surface area contributed by atoms with E-state index in [1.165, 1.54) is 6.42 Å². The van der Waals surface area contributed by atoms with Crippen molar-refractivity contribution in [3.05, 3.63) is 0 Å². The van der Waals surface area contributed by atoms with Crippen molar-refractivity contribution in [2.75, 3.05) is 7.05 Å². The summed E-state index contributed by atoms with van der Waals surface area (Å²) in [5, 5.41) is 3.01. The SMILES string of the molecule is CNC1CCC(C)CC1S(=O)(=O)C1CCCC(C)C1. The second-order valence-corrected chi connectivity index (χ2v) is 9.28. The van der Waals surface area contributed by atoms with Crippen LogP contribution in [0.1, 0.15) is 58.8 Å². The maximum atomic E-state index is 13.0. The van der Waals surface area contributed by atoms with Gasteiger partial charge in [-0.25, -0.2) is 8.42 Å². The second-order valence-electron chi connectivity index (χ2n) is 6.83. The zero-order valence-corrected chi connectivity index (χ0v) is 13.4. The Hall–Kier alpha value is -0.0900. The van der Waals surface area contributed by atoms with E-state index in [1.54, 1.807) is 0 Å². The van der Waals surface area contributed by atoms with Gasteiger partial charge in [0.15, 0.2) is 9.84 Å². The molecule has 5 atom stereocenters. The lowest BCUT2D eigenvalue weighted by Gasteiger charge is -2.38. The molecule has 112 valence electrons. The lowest BCUT2D eigenvalue weighted by molar-refractivity contribution is 0.312. The van der Waals surface area contributed by atoms with E-state index in [2.05, 4.69) is 19.2 Å². The third-order valence-corrected chi connectivity index (χ3v) is 7.92. The van der Waals surface area contributed by atoms with Gasteiger partial charge in [0.2, 0.25) is 0 Å².